The molecule has 0 saturated carbocycles. The summed E-state index contributed by atoms with van der Waals surface area (Å²) < 4.78 is 4.50. The van der Waals surface area contributed by atoms with Crippen LogP contribution in [0.3, 0.4) is 0 Å². The molecule has 1 aliphatic rings. The van der Waals surface area contributed by atoms with Crippen LogP contribution in [-0.4, -0.2) is 11.1 Å². The van der Waals surface area contributed by atoms with Gasteiger partial charge in [0.25, 0.3) is 0 Å². The molecule has 2 aromatic rings. The highest BCUT2D eigenvalue weighted by Crippen LogP contribution is 2.12. The maximum Gasteiger partial charge on any atom is 0.371 e. The molecule has 0 saturated heterocycles. The van der Waals surface area contributed by atoms with Crippen molar-refractivity contribution in [3.05, 3.63) is 59.5 Å². The third kappa shape index (κ3) is 2.95. The number of fused-ring (bicyclic) bond motifs is 1. The van der Waals surface area contributed by atoms with Crippen molar-refractivity contribution in [2.24, 2.45) is 0 Å². The number of aromatic carboxylic acids is 1. The molecule has 0 fully saturated rings. The molecule has 4 nitrogen and oxygen atoms in total. The molecule has 1 aromatic carbocycles. The van der Waals surface area contributed by atoms with Crippen LogP contribution in [0.2, 0.25) is 0 Å². The van der Waals surface area contributed by atoms with Gasteiger partial charge in [0.1, 0.15) is 0 Å². The molecule has 0 spiro atoms. The molecule has 0 aliphatic carbocycles. The van der Waals surface area contributed by atoms with Crippen molar-refractivity contribution in [3.8, 4) is 0 Å². The van der Waals surface area contributed by atoms with E-state index in [1.807, 2.05) is 0 Å². The molecule has 3 rings (SSSR count). The highest BCUT2D eigenvalue weighted by Gasteiger charge is 2.06. The number of furan rings is 1. The van der Waals surface area contributed by atoms with Crippen LogP contribution in [0, 0.1) is 0 Å². The lowest BCUT2D eigenvalue weighted by atomic mass is 10.1. The third-order valence-corrected chi connectivity index (χ3v) is 2.48. The number of rotatable bonds is 1. The highest BCUT2D eigenvalue weighted by atomic mass is 16.4. The number of carboxylic acid groups (broad SMARTS) is 1. The molecule has 0 amide bonds. The number of hydrogen-bond donors (Lipinski definition) is 2. The Bertz CT molecular complexity index is 468. The first-order valence-electron chi connectivity index (χ1n) is 5.31. The molecule has 4 heteroatoms. The van der Waals surface area contributed by atoms with Crippen LogP contribution in [0.25, 0.3) is 0 Å². The highest BCUT2D eigenvalue weighted by molar-refractivity contribution is 5.84. The Balaban J connectivity index is 0.000000128. The molecule has 0 unspecified atom stereocenters. The van der Waals surface area contributed by atoms with Gasteiger partial charge < -0.3 is 14.8 Å². The zero-order valence-corrected chi connectivity index (χ0v) is 9.22. The van der Waals surface area contributed by atoms with E-state index in [1.54, 1.807) is 0 Å². The molecule has 0 bridgehead atoms. The Morgan fingerprint density at radius 3 is 2.18 bits per heavy atom. The van der Waals surface area contributed by atoms with Crippen LogP contribution >= 0.6 is 0 Å². The Hall–Kier alpha value is -2.07. The van der Waals surface area contributed by atoms with Crippen LogP contribution in [0.15, 0.2) is 47.1 Å². The average Bonchev–Trinajstić information content (AvgIpc) is 3.01. The summed E-state index contributed by atoms with van der Waals surface area (Å²) in [5.41, 5.74) is 2.91. The third-order valence-electron chi connectivity index (χ3n) is 2.48. The minimum Gasteiger partial charge on any atom is -0.475 e. The summed E-state index contributed by atoms with van der Waals surface area (Å²) in [5.74, 6) is -1.06. The summed E-state index contributed by atoms with van der Waals surface area (Å²) in [6.45, 7) is 2.10. The number of carboxylic acids is 1. The molecule has 17 heavy (non-hydrogen) atoms. The van der Waals surface area contributed by atoms with E-state index in [9.17, 15) is 4.79 Å². The van der Waals surface area contributed by atoms with E-state index < -0.39 is 5.97 Å². The van der Waals surface area contributed by atoms with Crippen molar-refractivity contribution in [1.82, 2.24) is 5.32 Å². The van der Waals surface area contributed by atoms with Gasteiger partial charge in [-0.15, -0.1) is 0 Å². The Morgan fingerprint density at radius 1 is 1.12 bits per heavy atom. The van der Waals surface area contributed by atoms with Gasteiger partial charge in [-0.05, 0) is 23.3 Å². The summed E-state index contributed by atoms with van der Waals surface area (Å²) in [5, 5.41) is 11.5. The molecule has 2 N–H and O–H groups in total. The van der Waals surface area contributed by atoms with Crippen molar-refractivity contribution in [2.75, 3.05) is 0 Å². The summed E-state index contributed by atoms with van der Waals surface area (Å²) >= 11 is 0. The average molecular weight is 231 g/mol. The second kappa shape index (κ2) is 5.32. The van der Waals surface area contributed by atoms with E-state index in [1.165, 1.54) is 29.5 Å². The fourth-order valence-electron chi connectivity index (χ4n) is 1.63. The smallest absolute Gasteiger partial charge is 0.371 e. The van der Waals surface area contributed by atoms with E-state index in [4.69, 9.17) is 5.11 Å². The first-order chi connectivity index (χ1) is 8.27. The largest absolute Gasteiger partial charge is 0.475 e. The maximum absolute atomic E-state index is 9.97. The zero-order valence-electron chi connectivity index (χ0n) is 9.22. The standard InChI is InChI=1S/C8H9N.C5H4O3/c1-2-4-8-6-9-5-7(8)3-1;6-5(7)4-2-1-3-8-4/h1-4,9H,5-6H2;1-3H,(H,6,7). The topological polar surface area (TPSA) is 62.5 Å². The molecule has 2 heterocycles. The minimum atomic E-state index is -1.03. The van der Waals surface area contributed by atoms with Gasteiger partial charge in [0, 0.05) is 13.1 Å². The van der Waals surface area contributed by atoms with E-state index in [0.717, 1.165) is 13.1 Å². The second-order valence-corrected chi connectivity index (χ2v) is 3.65. The lowest BCUT2D eigenvalue weighted by Gasteiger charge is -1.91. The van der Waals surface area contributed by atoms with Crippen molar-refractivity contribution in [2.45, 2.75) is 13.1 Å². The Labute approximate surface area is 98.9 Å². The number of nitrogens with one attached hydrogen (secondary N) is 1. The molecule has 1 aliphatic heterocycles. The summed E-state index contributed by atoms with van der Waals surface area (Å²) in [6, 6.07) is 11.5. The minimum absolute atomic E-state index is 0.0231. The van der Waals surface area contributed by atoms with E-state index >= 15 is 0 Å². The van der Waals surface area contributed by atoms with Gasteiger partial charge in [0.05, 0.1) is 6.26 Å². The molecule has 1 aromatic heterocycles. The van der Waals surface area contributed by atoms with E-state index in [-0.39, 0.29) is 5.76 Å². The van der Waals surface area contributed by atoms with Crippen LogP contribution < -0.4 is 5.32 Å². The van der Waals surface area contributed by atoms with Crippen molar-refractivity contribution in [1.29, 1.82) is 0 Å². The predicted octanol–water partition coefficient (Wildman–Crippen LogP) is 2.27. The zero-order chi connectivity index (χ0) is 12.1. The van der Waals surface area contributed by atoms with Crippen LogP contribution in [-0.2, 0) is 13.1 Å². The van der Waals surface area contributed by atoms with E-state index in [2.05, 4.69) is 34.0 Å². The first kappa shape index (κ1) is 11.4. The Kier molecular flexibility index (Phi) is 3.57. The van der Waals surface area contributed by atoms with Crippen LogP contribution in [0.1, 0.15) is 21.7 Å². The van der Waals surface area contributed by atoms with Crippen molar-refractivity contribution in [3.63, 3.8) is 0 Å². The fourth-order valence-corrected chi connectivity index (χ4v) is 1.63. The normalized spacial score (nSPS) is 12.5. The van der Waals surface area contributed by atoms with Crippen molar-refractivity contribution >= 4 is 5.97 Å². The summed E-state index contributed by atoms with van der Waals surface area (Å²) in [4.78, 5) is 9.97. The van der Waals surface area contributed by atoms with Gasteiger partial charge in [0.15, 0.2) is 0 Å². The summed E-state index contributed by atoms with van der Waals surface area (Å²) in [6.07, 6.45) is 1.32. The van der Waals surface area contributed by atoms with E-state index in [0.29, 0.717) is 0 Å². The molecule has 88 valence electrons. The first-order valence-corrected chi connectivity index (χ1v) is 5.31. The molecular formula is C13H13NO3. The molecule has 0 atom stereocenters. The lowest BCUT2D eigenvalue weighted by Crippen LogP contribution is -1.99. The number of benzene rings is 1. The van der Waals surface area contributed by atoms with Crippen LogP contribution in [0.4, 0.5) is 0 Å². The molecular weight excluding hydrogens is 218 g/mol. The number of hydrogen-bond acceptors (Lipinski definition) is 3. The summed E-state index contributed by atoms with van der Waals surface area (Å²) in [7, 11) is 0. The monoisotopic (exact) mass is 231 g/mol. The van der Waals surface area contributed by atoms with Gasteiger partial charge in [-0.3, -0.25) is 0 Å². The van der Waals surface area contributed by atoms with Gasteiger partial charge >= 0.3 is 5.97 Å². The van der Waals surface area contributed by atoms with Crippen LogP contribution in [0.5, 0.6) is 0 Å². The second-order valence-electron chi connectivity index (χ2n) is 3.65. The predicted molar refractivity (Wildman–Crippen MR) is 62.7 cm³/mol. The van der Waals surface area contributed by atoms with Gasteiger partial charge in [-0.2, -0.15) is 0 Å². The van der Waals surface area contributed by atoms with Gasteiger partial charge in [0.2, 0.25) is 5.76 Å². The quantitative estimate of drug-likeness (QED) is 0.790. The fraction of sp³-hybridized carbons (Fsp3) is 0.154. The Morgan fingerprint density at radius 2 is 1.76 bits per heavy atom. The molecule has 0 radical (unpaired) electrons. The van der Waals surface area contributed by atoms with Crippen molar-refractivity contribution < 1.29 is 14.3 Å². The number of carbonyl (C=O) groups is 1. The van der Waals surface area contributed by atoms with Gasteiger partial charge in [-0.25, -0.2) is 4.79 Å². The lowest BCUT2D eigenvalue weighted by molar-refractivity contribution is 0.0662. The maximum atomic E-state index is 9.97. The SMILES string of the molecule is O=C(O)c1ccco1.c1ccc2c(c1)CNC2. The van der Waals surface area contributed by atoms with Gasteiger partial charge in [-0.1, -0.05) is 24.3 Å².